The molecule has 1 heterocycles. The van der Waals surface area contributed by atoms with Gasteiger partial charge in [0.2, 0.25) is 5.88 Å². The Morgan fingerprint density at radius 1 is 1.37 bits per heavy atom. The maximum Gasteiger partial charge on any atom is 0.257 e. The zero-order chi connectivity index (χ0) is 14.0. The summed E-state index contributed by atoms with van der Waals surface area (Å²) in [7, 11) is 0. The van der Waals surface area contributed by atoms with E-state index in [1.807, 2.05) is 0 Å². The molecule has 0 unspecified atom stereocenters. The number of H-pyrrole nitrogens is 1. The fourth-order valence-electron chi connectivity index (χ4n) is 1.59. The van der Waals surface area contributed by atoms with Gasteiger partial charge in [-0.3, -0.25) is 4.79 Å². The molecule has 6 nitrogen and oxygen atoms in total. The average molecular weight is 262 g/mol. The number of aromatic hydroxyl groups is 2. The van der Waals surface area contributed by atoms with Crippen LogP contribution >= 0.6 is 0 Å². The highest BCUT2D eigenvalue weighted by Crippen LogP contribution is 2.30. The van der Waals surface area contributed by atoms with E-state index in [-0.39, 0.29) is 23.0 Å². The Labute approximate surface area is 109 Å². The Morgan fingerprint density at radius 2 is 2.11 bits per heavy atom. The summed E-state index contributed by atoms with van der Waals surface area (Å²) < 4.78 is 5.25. The maximum absolute atomic E-state index is 11.6. The molecular formula is C13H14N2O4. The van der Waals surface area contributed by atoms with Crippen molar-refractivity contribution in [1.29, 1.82) is 0 Å². The highest BCUT2D eigenvalue weighted by Gasteiger charge is 2.10. The molecule has 0 saturated carbocycles. The van der Waals surface area contributed by atoms with Gasteiger partial charge >= 0.3 is 0 Å². The number of ether oxygens (including phenoxy) is 1. The van der Waals surface area contributed by atoms with Gasteiger partial charge in [-0.1, -0.05) is 0 Å². The fraction of sp³-hybridized carbons (Fsp3) is 0.231. The van der Waals surface area contributed by atoms with E-state index in [2.05, 4.69) is 9.97 Å². The molecular weight excluding hydrogens is 248 g/mol. The second kappa shape index (κ2) is 5.01. The second-order valence-corrected chi connectivity index (χ2v) is 3.98. The van der Waals surface area contributed by atoms with Gasteiger partial charge in [-0.15, -0.1) is 0 Å². The molecule has 0 spiro atoms. The second-order valence-electron chi connectivity index (χ2n) is 3.98. The van der Waals surface area contributed by atoms with Crippen molar-refractivity contribution in [3.63, 3.8) is 0 Å². The summed E-state index contributed by atoms with van der Waals surface area (Å²) in [6.07, 6.45) is 0. The topological polar surface area (TPSA) is 95.4 Å². The van der Waals surface area contributed by atoms with Crippen molar-refractivity contribution in [2.45, 2.75) is 13.8 Å². The summed E-state index contributed by atoms with van der Waals surface area (Å²) in [5.41, 5.74) is 0.287. The van der Waals surface area contributed by atoms with Crippen molar-refractivity contribution in [1.82, 2.24) is 9.97 Å². The lowest BCUT2D eigenvalue weighted by Crippen LogP contribution is -2.12. The van der Waals surface area contributed by atoms with E-state index in [1.54, 1.807) is 19.1 Å². The minimum atomic E-state index is -0.409. The van der Waals surface area contributed by atoms with Gasteiger partial charge < -0.3 is 19.9 Å². The largest absolute Gasteiger partial charge is 0.504 e. The lowest BCUT2D eigenvalue weighted by atomic mass is 10.2. The van der Waals surface area contributed by atoms with Crippen molar-refractivity contribution < 1.29 is 14.9 Å². The zero-order valence-corrected chi connectivity index (χ0v) is 10.6. The van der Waals surface area contributed by atoms with Gasteiger partial charge in [-0.25, -0.2) is 0 Å². The molecule has 0 amide bonds. The molecule has 1 aromatic heterocycles. The molecule has 0 aliphatic rings. The van der Waals surface area contributed by atoms with Gasteiger partial charge in [0.25, 0.3) is 5.56 Å². The summed E-state index contributed by atoms with van der Waals surface area (Å²) in [5, 5.41) is 19.2. The molecule has 0 aliphatic carbocycles. The molecule has 0 radical (unpaired) electrons. The van der Waals surface area contributed by atoms with Crippen LogP contribution in [0, 0.1) is 6.92 Å². The predicted octanol–water partition coefficient (Wildman–Crippen LogP) is 1.56. The lowest BCUT2D eigenvalue weighted by molar-refractivity contribution is 0.318. The number of nitrogens with zero attached hydrogens (tertiary/aromatic N) is 1. The van der Waals surface area contributed by atoms with E-state index < -0.39 is 5.56 Å². The number of aromatic amines is 1. The molecule has 0 saturated heterocycles. The fourth-order valence-corrected chi connectivity index (χ4v) is 1.59. The summed E-state index contributed by atoms with van der Waals surface area (Å²) >= 11 is 0. The van der Waals surface area contributed by atoms with Crippen LogP contribution in [0.2, 0.25) is 0 Å². The molecule has 6 heteroatoms. The predicted molar refractivity (Wildman–Crippen MR) is 69.5 cm³/mol. The van der Waals surface area contributed by atoms with Crippen LogP contribution in [-0.2, 0) is 0 Å². The first kappa shape index (κ1) is 12.9. The van der Waals surface area contributed by atoms with Crippen LogP contribution in [0.4, 0.5) is 0 Å². The van der Waals surface area contributed by atoms with Crippen LogP contribution in [0.1, 0.15) is 12.5 Å². The molecule has 2 aromatic rings. The number of benzene rings is 1. The van der Waals surface area contributed by atoms with E-state index >= 15 is 0 Å². The third-order valence-corrected chi connectivity index (χ3v) is 2.66. The number of phenolic OH excluding ortho intramolecular Hbond substituents is 1. The molecule has 0 atom stereocenters. The van der Waals surface area contributed by atoms with Crippen molar-refractivity contribution >= 4 is 0 Å². The number of hydrogen-bond acceptors (Lipinski definition) is 5. The van der Waals surface area contributed by atoms with E-state index in [4.69, 9.17) is 4.74 Å². The highest BCUT2D eigenvalue weighted by molar-refractivity contribution is 5.61. The Balaban J connectivity index is 2.53. The van der Waals surface area contributed by atoms with Crippen molar-refractivity contribution in [2.75, 3.05) is 6.61 Å². The molecule has 2 rings (SSSR count). The summed E-state index contributed by atoms with van der Waals surface area (Å²) in [5.74, 6) is 0.200. The van der Waals surface area contributed by atoms with Crippen molar-refractivity contribution in [2.24, 2.45) is 0 Å². The first-order valence-electron chi connectivity index (χ1n) is 5.79. The van der Waals surface area contributed by atoms with Crippen molar-refractivity contribution in [3.05, 3.63) is 34.1 Å². The monoisotopic (exact) mass is 262 g/mol. The molecule has 0 bridgehead atoms. The van der Waals surface area contributed by atoms with E-state index in [0.29, 0.717) is 17.9 Å². The summed E-state index contributed by atoms with van der Waals surface area (Å²) in [6, 6.07) is 4.56. The van der Waals surface area contributed by atoms with Crippen LogP contribution in [0.3, 0.4) is 0 Å². The Bertz CT molecular complexity index is 664. The number of hydrogen-bond donors (Lipinski definition) is 3. The van der Waals surface area contributed by atoms with Gasteiger partial charge in [0.1, 0.15) is 5.82 Å². The summed E-state index contributed by atoms with van der Waals surface area (Å²) in [4.78, 5) is 18.0. The van der Waals surface area contributed by atoms with E-state index in [0.717, 1.165) is 0 Å². The highest BCUT2D eigenvalue weighted by atomic mass is 16.5. The number of phenols is 1. The number of rotatable bonds is 3. The minimum Gasteiger partial charge on any atom is -0.504 e. The van der Waals surface area contributed by atoms with Crippen LogP contribution in [-0.4, -0.2) is 26.8 Å². The van der Waals surface area contributed by atoms with Gasteiger partial charge in [0.15, 0.2) is 11.5 Å². The van der Waals surface area contributed by atoms with Crippen LogP contribution in [0.15, 0.2) is 23.0 Å². The SMILES string of the molecule is CCOc1cc(-c2nc(O)c(C)c(=O)[nH]2)ccc1O. The molecule has 0 aliphatic heterocycles. The molecule has 0 fully saturated rings. The Morgan fingerprint density at radius 3 is 2.74 bits per heavy atom. The smallest absolute Gasteiger partial charge is 0.257 e. The first-order chi connectivity index (χ1) is 9.02. The van der Waals surface area contributed by atoms with E-state index in [1.165, 1.54) is 13.0 Å². The zero-order valence-electron chi connectivity index (χ0n) is 10.6. The number of aromatic nitrogens is 2. The molecule has 1 aromatic carbocycles. The van der Waals surface area contributed by atoms with Gasteiger partial charge in [0.05, 0.1) is 12.2 Å². The molecule has 3 N–H and O–H groups in total. The number of nitrogens with one attached hydrogen (secondary N) is 1. The Kier molecular flexibility index (Phi) is 3.41. The van der Waals surface area contributed by atoms with E-state index in [9.17, 15) is 15.0 Å². The van der Waals surface area contributed by atoms with Crippen LogP contribution < -0.4 is 10.3 Å². The van der Waals surface area contributed by atoms with Gasteiger partial charge in [-0.05, 0) is 32.0 Å². The lowest BCUT2D eigenvalue weighted by Gasteiger charge is -2.08. The maximum atomic E-state index is 11.6. The molecule has 19 heavy (non-hydrogen) atoms. The van der Waals surface area contributed by atoms with Crippen LogP contribution in [0.25, 0.3) is 11.4 Å². The summed E-state index contributed by atoms with van der Waals surface area (Å²) in [6.45, 7) is 3.68. The first-order valence-corrected chi connectivity index (χ1v) is 5.79. The van der Waals surface area contributed by atoms with Gasteiger partial charge in [-0.2, -0.15) is 4.98 Å². The third-order valence-electron chi connectivity index (χ3n) is 2.66. The van der Waals surface area contributed by atoms with Crippen molar-refractivity contribution in [3.8, 4) is 28.8 Å². The molecule has 100 valence electrons. The quantitative estimate of drug-likeness (QED) is 0.780. The Hall–Kier alpha value is -2.50. The minimum absolute atomic E-state index is 0.00396. The normalized spacial score (nSPS) is 10.4. The third kappa shape index (κ3) is 2.52. The standard InChI is InChI=1S/C13H14N2O4/c1-3-19-10-6-8(4-5-9(10)16)11-14-12(17)7(2)13(18)15-11/h4-6,16H,3H2,1-2H3,(H2,14,15,17,18). The van der Waals surface area contributed by atoms with Crippen LogP contribution in [0.5, 0.6) is 17.4 Å². The average Bonchev–Trinajstić information content (AvgIpc) is 2.38. The van der Waals surface area contributed by atoms with Gasteiger partial charge in [0, 0.05) is 5.56 Å².